The van der Waals surface area contributed by atoms with Gasteiger partial charge in [-0.15, -0.1) is 0 Å². The standard InChI is InChI=1S/C10H11NO3/c1-11-5-3-4-8(11)7-6-9(12)14-10(7)13-2/h3-6,10H,1-2H3. The van der Waals surface area contributed by atoms with E-state index in [-0.39, 0.29) is 5.97 Å². The van der Waals surface area contributed by atoms with Crippen molar-refractivity contribution >= 4 is 11.5 Å². The van der Waals surface area contributed by atoms with Gasteiger partial charge in [0.25, 0.3) is 0 Å². The van der Waals surface area contributed by atoms with Gasteiger partial charge in [0.15, 0.2) is 0 Å². The van der Waals surface area contributed by atoms with Gasteiger partial charge in [0.1, 0.15) is 0 Å². The van der Waals surface area contributed by atoms with Crippen molar-refractivity contribution in [3.8, 4) is 0 Å². The largest absolute Gasteiger partial charge is 0.428 e. The molecule has 0 radical (unpaired) electrons. The number of hydrogen-bond donors (Lipinski definition) is 0. The van der Waals surface area contributed by atoms with Crippen LogP contribution in [0.3, 0.4) is 0 Å². The predicted molar refractivity (Wildman–Crippen MR) is 50.3 cm³/mol. The van der Waals surface area contributed by atoms with E-state index in [0.29, 0.717) is 0 Å². The lowest BCUT2D eigenvalue weighted by Crippen LogP contribution is -2.14. The molecule has 0 saturated heterocycles. The van der Waals surface area contributed by atoms with Crippen LogP contribution in [0.5, 0.6) is 0 Å². The fourth-order valence-corrected chi connectivity index (χ4v) is 1.53. The van der Waals surface area contributed by atoms with E-state index in [1.807, 2.05) is 29.9 Å². The van der Waals surface area contributed by atoms with Gasteiger partial charge in [-0.25, -0.2) is 4.79 Å². The number of ether oxygens (including phenoxy) is 2. The van der Waals surface area contributed by atoms with Crippen LogP contribution in [0.4, 0.5) is 0 Å². The molecule has 0 aliphatic carbocycles. The van der Waals surface area contributed by atoms with Crippen molar-refractivity contribution in [3.05, 3.63) is 30.1 Å². The molecule has 0 aromatic carbocycles. The van der Waals surface area contributed by atoms with Crippen LogP contribution in [0, 0.1) is 0 Å². The lowest BCUT2D eigenvalue weighted by Gasteiger charge is -2.12. The smallest absolute Gasteiger partial charge is 0.333 e. The highest BCUT2D eigenvalue weighted by atomic mass is 16.7. The molecule has 0 spiro atoms. The Bertz CT molecular complexity index is 392. The minimum atomic E-state index is -0.573. The maximum atomic E-state index is 11.0. The normalized spacial score (nSPS) is 20.9. The lowest BCUT2D eigenvalue weighted by molar-refractivity contribution is -0.153. The Hall–Kier alpha value is -1.55. The van der Waals surface area contributed by atoms with Crippen molar-refractivity contribution < 1.29 is 14.3 Å². The van der Waals surface area contributed by atoms with E-state index in [9.17, 15) is 4.79 Å². The average molecular weight is 193 g/mol. The van der Waals surface area contributed by atoms with Gasteiger partial charge in [-0.05, 0) is 12.1 Å². The van der Waals surface area contributed by atoms with Crippen LogP contribution in [-0.2, 0) is 21.3 Å². The number of aryl methyl sites for hydroxylation is 1. The molecule has 0 bridgehead atoms. The zero-order valence-corrected chi connectivity index (χ0v) is 8.06. The molecule has 2 rings (SSSR count). The van der Waals surface area contributed by atoms with Crippen molar-refractivity contribution in [3.63, 3.8) is 0 Å². The number of nitrogens with zero attached hydrogens (tertiary/aromatic N) is 1. The molecule has 2 heterocycles. The number of methoxy groups -OCH3 is 1. The Labute approximate surface area is 81.7 Å². The summed E-state index contributed by atoms with van der Waals surface area (Å²) >= 11 is 0. The maximum Gasteiger partial charge on any atom is 0.333 e. The van der Waals surface area contributed by atoms with E-state index >= 15 is 0 Å². The molecule has 0 amide bonds. The first-order valence-corrected chi connectivity index (χ1v) is 4.29. The zero-order valence-electron chi connectivity index (χ0n) is 8.06. The van der Waals surface area contributed by atoms with Crippen molar-refractivity contribution in [1.82, 2.24) is 4.57 Å². The molecule has 14 heavy (non-hydrogen) atoms. The number of carbonyl (C=O) groups is 1. The first-order chi connectivity index (χ1) is 6.72. The van der Waals surface area contributed by atoms with Gasteiger partial charge in [-0.3, -0.25) is 0 Å². The minimum Gasteiger partial charge on any atom is -0.428 e. The molecule has 4 nitrogen and oxygen atoms in total. The van der Waals surface area contributed by atoms with Gasteiger partial charge in [0, 0.05) is 26.4 Å². The highest BCUT2D eigenvalue weighted by molar-refractivity contribution is 5.96. The Morgan fingerprint density at radius 1 is 1.57 bits per heavy atom. The van der Waals surface area contributed by atoms with Crippen LogP contribution in [-0.4, -0.2) is 23.9 Å². The van der Waals surface area contributed by atoms with E-state index < -0.39 is 6.29 Å². The van der Waals surface area contributed by atoms with Gasteiger partial charge in [0.2, 0.25) is 6.29 Å². The van der Waals surface area contributed by atoms with Gasteiger partial charge in [0.05, 0.1) is 11.3 Å². The van der Waals surface area contributed by atoms with Crippen LogP contribution < -0.4 is 0 Å². The molecule has 1 aliphatic heterocycles. The molecule has 1 aliphatic rings. The summed E-state index contributed by atoms with van der Waals surface area (Å²) in [4.78, 5) is 11.0. The number of carbonyl (C=O) groups excluding carboxylic acids is 1. The Morgan fingerprint density at radius 2 is 2.36 bits per heavy atom. The molecule has 0 fully saturated rings. The summed E-state index contributed by atoms with van der Waals surface area (Å²) in [5, 5.41) is 0. The molecule has 1 unspecified atom stereocenters. The molecule has 1 atom stereocenters. The molecular weight excluding hydrogens is 182 g/mol. The summed E-state index contributed by atoms with van der Waals surface area (Å²) in [5.41, 5.74) is 1.70. The van der Waals surface area contributed by atoms with Crippen LogP contribution in [0.1, 0.15) is 5.69 Å². The number of hydrogen-bond acceptors (Lipinski definition) is 3. The predicted octanol–water partition coefficient (Wildman–Crippen LogP) is 0.938. The SMILES string of the molecule is COC1OC(=O)C=C1c1cccn1C. The van der Waals surface area contributed by atoms with Crippen LogP contribution in [0.25, 0.3) is 5.57 Å². The van der Waals surface area contributed by atoms with Crippen LogP contribution >= 0.6 is 0 Å². The number of aromatic nitrogens is 1. The molecule has 74 valence electrons. The monoisotopic (exact) mass is 193 g/mol. The van der Waals surface area contributed by atoms with Gasteiger partial charge < -0.3 is 14.0 Å². The second-order valence-electron chi connectivity index (χ2n) is 3.11. The molecule has 0 saturated carbocycles. The highest BCUT2D eigenvalue weighted by Gasteiger charge is 2.28. The Balaban J connectivity index is 2.38. The molecular formula is C10H11NO3. The second kappa shape index (κ2) is 3.31. The third-order valence-corrected chi connectivity index (χ3v) is 2.20. The van der Waals surface area contributed by atoms with Crippen LogP contribution in [0.2, 0.25) is 0 Å². The third-order valence-electron chi connectivity index (χ3n) is 2.20. The first-order valence-electron chi connectivity index (χ1n) is 4.29. The summed E-state index contributed by atoms with van der Waals surface area (Å²) in [6.07, 6.45) is 2.80. The van der Waals surface area contributed by atoms with E-state index in [2.05, 4.69) is 0 Å². The average Bonchev–Trinajstić information content (AvgIpc) is 2.71. The maximum absolute atomic E-state index is 11.0. The zero-order chi connectivity index (χ0) is 10.1. The topological polar surface area (TPSA) is 40.5 Å². The fraction of sp³-hybridized carbons (Fsp3) is 0.300. The Kier molecular flexibility index (Phi) is 2.13. The summed E-state index contributed by atoms with van der Waals surface area (Å²) in [7, 11) is 3.42. The van der Waals surface area contributed by atoms with Crippen molar-refractivity contribution in [2.75, 3.05) is 7.11 Å². The van der Waals surface area contributed by atoms with E-state index in [4.69, 9.17) is 9.47 Å². The third kappa shape index (κ3) is 1.33. The molecule has 1 aromatic heterocycles. The van der Waals surface area contributed by atoms with E-state index in [0.717, 1.165) is 11.3 Å². The Morgan fingerprint density at radius 3 is 2.93 bits per heavy atom. The van der Waals surface area contributed by atoms with Crippen molar-refractivity contribution in [2.24, 2.45) is 7.05 Å². The molecule has 4 heteroatoms. The van der Waals surface area contributed by atoms with Gasteiger partial charge in [-0.2, -0.15) is 0 Å². The number of cyclic esters (lactones) is 1. The number of rotatable bonds is 2. The highest BCUT2D eigenvalue weighted by Crippen LogP contribution is 2.26. The summed E-state index contributed by atoms with van der Waals surface area (Å²) in [6.45, 7) is 0. The first kappa shape index (κ1) is 9.02. The van der Waals surface area contributed by atoms with Gasteiger partial charge >= 0.3 is 5.97 Å². The summed E-state index contributed by atoms with van der Waals surface area (Å²) in [5.74, 6) is -0.354. The minimum absolute atomic E-state index is 0.354. The van der Waals surface area contributed by atoms with E-state index in [1.54, 1.807) is 0 Å². The van der Waals surface area contributed by atoms with E-state index in [1.165, 1.54) is 13.2 Å². The summed E-state index contributed by atoms with van der Waals surface area (Å²) in [6, 6.07) is 3.82. The molecule has 0 N–H and O–H groups in total. The molecule has 1 aromatic rings. The quantitative estimate of drug-likeness (QED) is 0.656. The second-order valence-corrected chi connectivity index (χ2v) is 3.11. The van der Waals surface area contributed by atoms with Crippen molar-refractivity contribution in [1.29, 1.82) is 0 Å². The number of esters is 1. The fourth-order valence-electron chi connectivity index (χ4n) is 1.53. The summed E-state index contributed by atoms with van der Waals surface area (Å²) < 4.78 is 11.9. The van der Waals surface area contributed by atoms with Crippen LogP contribution in [0.15, 0.2) is 24.4 Å². The van der Waals surface area contributed by atoms with Crippen molar-refractivity contribution in [2.45, 2.75) is 6.29 Å². The van der Waals surface area contributed by atoms with Gasteiger partial charge in [-0.1, -0.05) is 0 Å². The lowest BCUT2D eigenvalue weighted by atomic mass is 10.2.